The van der Waals surface area contributed by atoms with Gasteiger partial charge in [-0.25, -0.2) is 4.79 Å². The number of hydrogen-bond donors (Lipinski definition) is 1. The van der Waals surface area contributed by atoms with Gasteiger partial charge in [-0.1, -0.05) is 104 Å². The van der Waals surface area contributed by atoms with Gasteiger partial charge in [-0.05, 0) is 37.7 Å². The SMILES string of the molecule is CCCCCCCCCCCCCCCCCC(=O)OC[C@@]1(C)[C@H]2CC[C@@H](C(=O)OC)[C@]23C[C@H]1C(C(=O)OC)=C[C@@H]3O. The Morgan fingerprint density at radius 1 is 0.833 bits per heavy atom. The minimum Gasteiger partial charge on any atom is -0.469 e. The Labute approximate surface area is 254 Å². The number of ether oxygens (including phenoxy) is 3. The second-order valence-corrected chi connectivity index (χ2v) is 13.5. The molecule has 0 amide bonds. The first-order valence-electron chi connectivity index (χ1n) is 17.0. The van der Waals surface area contributed by atoms with Crippen LogP contribution in [0.2, 0.25) is 0 Å². The molecule has 0 aromatic heterocycles. The molecular weight excluding hydrogens is 532 g/mol. The number of aliphatic hydroxyl groups excluding tert-OH is 1. The lowest BCUT2D eigenvalue weighted by molar-refractivity contribution is -0.155. The summed E-state index contributed by atoms with van der Waals surface area (Å²) < 4.78 is 16.0. The van der Waals surface area contributed by atoms with Crippen molar-refractivity contribution in [3.05, 3.63) is 11.6 Å². The van der Waals surface area contributed by atoms with Gasteiger partial charge in [-0.3, -0.25) is 9.59 Å². The third kappa shape index (κ3) is 7.98. The maximum Gasteiger partial charge on any atom is 0.333 e. The maximum absolute atomic E-state index is 12.8. The van der Waals surface area contributed by atoms with Crippen LogP contribution < -0.4 is 0 Å². The van der Waals surface area contributed by atoms with Crippen molar-refractivity contribution in [2.45, 2.75) is 142 Å². The molecule has 0 aromatic carbocycles. The van der Waals surface area contributed by atoms with Gasteiger partial charge >= 0.3 is 17.9 Å². The molecule has 2 bridgehead atoms. The highest BCUT2D eigenvalue weighted by Gasteiger charge is 2.72. The zero-order valence-electron chi connectivity index (χ0n) is 26.9. The molecule has 2 fully saturated rings. The van der Waals surface area contributed by atoms with Crippen molar-refractivity contribution < 1.29 is 33.7 Å². The third-order valence-electron chi connectivity index (χ3n) is 10.9. The fraction of sp³-hybridized carbons (Fsp3) is 0.857. The smallest absolute Gasteiger partial charge is 0.333 e. The zero-order chi connectivity index (χ0) is 30.6. The van der Waals surface area contributed by atoms with E-state index in [0.29, 0.717) is 31.3 Å². The van der Waals surface area contributed by atoms with Gasteiger partial charge in [0.2, 0.25) is 0 Å². The second-order valence-electron chi connectivity index (χ2n) is 13.5. The van der Waals surface area contributed by atoms with Crippen molar-refractivity contribution >= 4 is 17.9 Å². The van der Waals surface area contributed by atoms with E-state index in [1.807, 2.05) is 6.92 Å². The van der Waals surface area contributed by atoms with Crippen LogP contribution in [0.1, 0.15) is 136 Å². The largest absolute Gasteiger partial charge is 0.469 e. The van der Waals surface area contributed by atoms with Crippen LogP contribution in [0, 0.1) is 28.6 Å². The predicted octanol–water partition coefficient (Wildman–Crippen LogP) is 7.48. The van der Waals surface area contributed by atoms with Crippen molar-refractivity contribution in [3.63, 3.8) is 0 Å². The zero-order valence-corrected chi connectivity index (χ0v) is 26.9. The summed E-state index contributed by atoms with van der Waals surface area (Å²) in [5.74, 6) is -1.79. The van der Waals surface area contributed by atoms with Gasteiger partial charge in [-0.2, -0.15) is 0 Å². The molecule has 0 heterocycles. The van der Waals surface area contributed by atoms with E-state index in [9.17, 15) is 19.5 Å². The Morgan fingerprint density at radius 2 is 1.38 bits per heavy atom. The summed E-state index contributed by atoms with van der Waals surface area (Å²) in [6.45, 7) is 4.47. The van der Waals surface area contributed by atoms with Crippen LogP contribution in [0.25, 0.3) is 0 Å². The van der Waals surface area contributed by atoms with Crippen LogP contribution in [0.5, 0.6) is 0 Å². The van der Waals surface area contributed by atoms with E-state index in [2.05, 4.69) is 6.92 Å². The Bertz CT molecular complexity index is 913. The fourth-order valence-electron chi connectivity index (χ4n) is 8.57. The molecule has 7 heteroatoms. The monoisotopic (exact) mass is 590 g/mol. The lowest BCUT2D eigenvalue weighted by atomic mass is 9.65. The molecule has 240 valence electrons. The first-order chi connectivity index (χ1) is 20.3. The van der Waals surface area contributed by atoms with Crippen LogP contribution in [0.15, 0.2) is 11.6 Å². The second kappa shape index (κ2) is 16.8. The van der Waals surface area contributed by atoms with Crippen molar-refractivity contribution in [1.82, 2.24) is 0 Å². The molecule has 0 aliphatic heterocycles. The van der Waals surface area contributed by atoms with Gasteiger partial charge in [0, 0.05) is 28.7 Å². The van der Waals surface area contributed by atoms with Crippen LogP contribution in [0.3, 0.4) is 0 Å². The van der Waals surface area contributed by atoms with Crippen LogP contribution in [-0.4, -0.2) is 49.9 Å². The number of carbonyl (C=O) groups is 3. The van der Waals surface area contributed by atoms with E-state index in [1.165, 1.54) is 91.3 Å². The molecule has 2 saturated carbocycles. The molecule has 1 N–H and O–H groups in total. The van der Waals surface area contributed by atoms with Crippen molar-refractivity contribution in [1.29, 1.82) is 0 Å². The van der Waals surface area contributed by atoms with E-state index >= 15 is 0 Å². The molecule has 0 aromatic rings. The molecule has 1 spiro atoms. The minimum absolute atomic E-state index is 0.0777. The number of fused-ring (bicyclic) bond motifs is 1. The van der Waals surface area contributed by atoms with Crippen LogP contribution >= 0.6 is 0 Å². The summed E-state index contributed by atoms with van der Waals surface area (Å²) in [6, 6.07) is 0. The highest BCUT2D eigenvalue weighted by Crippen LogP contribution is 2.71. The Hall–Kier alpha value is -1.89. The molecule has 6 atom stereocenters. The minimum atomic E-state index is -0.961. The summed E-state index contributed by atoms with van der Waals surface area (Å²) in [5, 5.41) is 11.3. The summed E-state index contributed by atoms with van der Waals surface area (Å²) in [7, 11) is 2.71. The number of methoxy groups -OCH3 is 2. The molecular formula is C35H58O7. The number of carbonyl (C=O) groups excluding carboxylic acids is 3. The summed E-state index contributed by atoms with van der Waals surface area (Å²) in [4.78, 5) is 38.2. The number of unbranched alkanes of at least 4 members (excludes halogenated alkanes) is 14. The van der Waals surface area contributed by atoms with E-state index < -0.39 is 28.8 Å². The Balaban J connectivity index is 1.38. The molecule has 7 nitrogen and oxygen atoms in total. The lowest BCUT2D eigenvalue weighted by Crippen LogP contribution is -2.46. The van der Waals surface area contributed by atoms with Gasteiger partial charge in [-0.15, -0.1) is 0 Å². The van der Waals surface area contributed by atoms with E-state index in [1.54, 1.807) is 6.08 Å². The van der Waals surface area contributed by atoms with Gasteiger partial charge < -0.3 is 19.3 Å². The summed E-state index contributed by atoms with van der Waals surface area (Å²) >= 11 is 0. The molecule has 3 rings (SSSR count). The van der Waals surface area contributed by atoms with E-state index in [-0.39, 0.29) is 30.4 Å². The van der Waals surface area contributed by atoms with Crippen molar-refractivity contribution in [2.75, 3.05) is 20.8 Å². The summed E-state index contributed by atoms with van der Waals surface area (Å²) in [5.41, 5.74) is -0.870. The fourth-order valence-corrected chi connectivity index (χ4v) is 8.57. The lowest BCUT2D eigenvalue weighted by Gasteiger charge is -2.40. The highest BCUT2D eigenvalue weighted by atomic mass is 16.5. The number of hydrogen-bond acceptors (Lipinski definition) is 7. The third-order valence-corrected chi connectivity index (χ3v) is 10.9. The van der Waals surface area contributed by atoms with Gasteiger partial charge in [0.25, 0.3) is 0 Å². The van der Waals surface area contributed by atoms with Crippen molar-refractivity contribution in [2.24, 2.45) is 28.6 Å². The molecule has 0 unspecified atom stereocenters. The molecule has 3 aliphatic rings. The average molecular weight is 591 g/mol. The predicted molar refractivity (Wildman–Crippen MR) is 163 cm³/mol. The van der Waals surface area contributed by atoms with E-state index in [4.69, 9.17) is 14.2 Å². The van der Waals surface area contributed by atoms with Gasteiger partial charge in [0.05, 0.1) is 32.8 Å². The quantitative estimate of drug-likeness (QED) is 0.0891. The van der Waals surface area contributed by atoms with Crippen LogP contribution in [-0.2, 0) is 28.6 Å². The maximum atomic E-state index is 12.8. The van der Waals surface area contributed by atoms with Gasteiger partial charge in [0.15, 0.2) is 0 Å². The Kier molecular flexibility index (Phi) is 13.9. The van der Waals surface area contributed by atoms with Crippen molar-refractivity contribution in [3.8, 4) is 0 Å². The first-order valence-corrected chi connectivity index (χ1v) is 17.0. The normalized spacial score (nSPS) is 29.6. The molecule has 42 heavy (non-hydrogen) atoms. The molecule has 3 aliphatic carbocycles. The first kappa shape index (κ1) is 34.6. The molecule has 0 radical (unpaired) electrons. The highest BCUT2D eigenvalue weighted by molar-refractivity contribution is 5.90. The number of rotatable bonds is 20. The topological polar surface area (TPSA) is 99.1 Å². The molecule has 0 saturated heterocycles. The standard InChI is InChI=1S/C35H58O7/c1-5-6-7-8-9-10-11-12-13-14-15-16-17-18-19-20-31(37)42-25-34(2)28-24-35(30(36)23-26(28)32(38)40-3)27(33(39)41-4)21-22-29(34)35/h23,27-30,36H,5-22,24-25H2,1-4H3/t27-,28-,29+,30-,34+,35+/m0/s1. The van der Waals surface area contributed by atoms with Crippen LogP contribution in [0.4, 0.5) is 0 Å². The number of esters is 3. The van der Waals surface area contributed by atoms with Gasteiger partial charge in [0.1, 0.15) is 0 Å². The average Bonchev–Trinajstić information content (AvgIpc) is 3.47. The number of aliphatic hydroxyl groups is 1. The van der Waals surface area contributed by atoms with E-state index in [0.717, 1.165) is 19.3 Å². The Morgan fingerprint density at radius 3 is 1.90 bits per heavy atom. The summed E-state index contributed by atoms with van der Waals surface area (Å²) in [6.07, 6.45) is 22.0.